The summed E-state index contributed by atoms with van der Waals surface area (Å²) >= 11 is 0. The molecule has 2 aromatic carbocycles. The van der Waals surface area contributed by atoms with Crippen LogP contribution in [0.15, 0.2) is 41.3 Å². The van der Waals surface area contributed by atoms with E-state index in [1.165, 1.54) is 12.1 Å². The number of halogens is 1. The molecule has 0 atom stereocenters. The van der Waals surface area contributed by atoms with Crippen molar-refractivity contribution in [1.29, 1.82) is 0 Å². The molecule has 108 valence electrons. The van der Waals surface area contributed by atoms with E-state index < -0.39 is 15.7 Å². The normalized spacial score (nSPS) is 12.0. The van der Waals surface area contributed by atoms with E-state index in [-0.39, 0.29) is 4.90 Å². The van der Waals surface area contributed by atoms with Crippen molar-refractivity contribution in [3.63, 3.8) is 0 Å². The number of hydrogen-bond donors (Lipinski definition) is 1. The summed E-state index contributed by atoms with van der Waals surface area (Å²) in [7, 11) is -3.39. The van der Waals surface area contributed by atoms with Gasteiger partial charge in [-0.15, -0.1) is 0 Å². The lowest BCUT2D eigenvalue weighted by molar-refractivity contribution is 0.602. The van der Waals surface area contributed by atoms with Crippen molar-refractivity contribution in [2.75, 3.05) is 6.26 Å². The number of hydrogen-bond acceptors (Lipinski definition) is 3. The summed E-state index contributed by atoms with van der Waals surface area (Å²) < 4.78 is 37.6. The predicted molar refractivity (Wildman–Crippen MR) is 79.3 cm³/mol. The topological polar surface area (TPSA) is 62.8 Å². The zero-order valence-corrected chi connectivity index (χ0v) is 12.3. The highest BCUT2D eigenvalue weighted by Crippen LogP contribution is 2.27. The third-order valence-corrected chi connectivity index (χ3v) is 4.38. The van der Waals surface area contributed by atoms with Gasteiger partial charge in [-0.05, 0) is 36.8 Å². The van der Waals surface area contributed by atoms with Crippen LogP contribution in [0.2, 0.25) is 0 Å². The number of aromatic amines is 1. The zero-order chi connectivity index (χ0) is 15.2. The zero-order valence-electron chi connectivity index (χ0n) is 11.5. The number of benzene rings is 2. The van der Waals surface area contributed by atoms with Crippen LogP contribution in [0.4, 0.5) is 4.39 Å². The lowest BCUT2D eigenvalue weighted by atomic mass is 10.1. The lowest BCUT2D eigenvalue weighted by Gasteiger charge is -2.00. The van der Waals surface area contributed by atoms with E-state index in [1.54, 1.807) is 31.2 Å². The first-order chi connectivity index (χ1) is 9.86. The van der Waals surface area contributed by atoms with Crippen molar-refractivity contribution in [3.05, 3.63) is 47.8 Å². The van der Waals surface area contributed by atoms with Crippen LogP contribution < -0.4 is 0 Å². The molecule has 0 aliphatic carbocycles. The van der Waals surface area contributed by atoms with E-state index in [4.69, 9.17) is 0 Å². The van der Waals surface area contributed by atoms with Crippen LogP contribution in [0.5, 0.6) is 0 Å². The summed E-state index contributed by atoms with van der Waals surface area (Å²) in [5.41, 5.74) is 2.02. The molecule has 0 saturated heterocycles. The minimum absolute atomic E-state index is 0.134. The maximum Gasteiger partial charge on any atom is 0.177 e. The number of imidazole rings is 1. The molecule has 4 nitrogen and oxygen atoms in total. The summed E-state index contributed by atoms with van der Waals surface area (Å²) in [6.07, 6.45) is 1.13. The molecule has 1 heterocycles. The van der Waals surface area contributed by atoms with Crippen LogP contribution in [-0.4, -0.2) is 24.6 Å². The molecule has 0 bridgehead atoms. The van der Waals surface area contributed by atoms with Gasteiger partial charge in [-0.1, -0.05) is 12.1 Å². The average Bonchev–Trinajstić information content (AvgIpc) is 2.80. The first kappa shape index (κ1) is 13.8. The van der Waals surface area contributed by atoms with Gasteiger partial charge in [-0.3, -0.25) is 0 Å². The molecule has 1 N–H and O–H groups in total. The summed E-state index contributed by atoms with van der Waals surface area (Å²) in [4.78, 5) is 7.37. The maximum atomic E-state index is 14.0. The highest BCUT2D eigenvalue weighted by atomic mass is 32.2. The molecule has 0 spiro atoms. The second-order valence-corrected chi connectivity index (χ2v) is 6.98. The lowest BCUT2D eigenvalue weighted by Crippen LogP contribution is -1.97. The van der Waals surface area contributed by atoms with Crippen molar-refractivity contribution in [1.82, 2.24) is 9.97 Å². The van der Waals surface area contributed by atoms with Crippen LogP contribution >= 0.6 is 0 Å². The number of para-hydroxylation sites is 1. The van der Waals surface area contributed by atoms with Gasteiger partial charge in [0, 0.05) is 6.26 Å². The van der Waals surface area contributed by atoms with Gasteiger partial charge in [0.05, 0.1) is 16.0 Å². The van der Waals surface area contributed by atoms with Gasteiger partial charge >= 0.3 is 0 Å². The molecule has 3 aromatic rings. The molecule has 1 aromatic heterocycles. The van der Waals surface area contributed by atoms with Gasteiger partial charge < -0.3 is 4.98 Å². The molecular weight excluding hydrogens is 291 g/mol. The molecule has 0 aliphatic heterocycles. The van der Waals surface area contributed by atoms with E-state index in [2.05, 4.69) is 9.97 Å². The van der Waals surface area contributed by atoms with Crippen molar-refractivity contribution < 1.29 is 12.8 Å². The Morgan fingerprint density at radius 1 is 1.19 bits per heavy atom. The number of nitrogens with one attached hydrogen (secondary N) is 1. The van der Waals surface area contributed by atoms with E-state index in [0.717, 1.165) is 11.8 Å². The van der Waals surface area contributed by atoms with Gasteiger partial charge in [-0.2, -0.15) is 0 Å². The Balaban J connectivity index is 2.27. The number of aromatic nitrogens is 2. The largest absolute Gasteiger partial charge is 0.338 e. The van der Waals surface area contributed by atoms with Crippen molar-refractivity contribution in [3.8, 4) is 11.4 Å². The quantitative estimate of drug-likeness (QED) is 0.791. The molecule has 21 heavy (non-hydrogen) atoms. The van der Waals surface area contributed by atoms with Gasteiger partial charge in [-0.25, -0.2) is 17.8 Å². The van der Waals surface area contributed by atoms with Crippen molar-refractivity contribution in [2.45, 2.75) is 11.8 Å². The third kappa shape index (κ3) is 2.42. The van der Waals surface area contributed by atoms with Gasteiger partial charge in [0.1, 0.15) is 17.2 Å². The molecular formula is C15H13FN2O2S. The highest BCUT2D eigenvalue weighted by Gasteiger charge is 2.17. The second-order valence-electron chi connectivity index (χ2n) is 4.99. The van der Waals surface area contributed by atoms with E-state index in [9.17, 15) is 12.8 Å². The first-order valence-corrected chi connectivity index (χ1v) is 8.21. The average molecular weight is 304 g/mol. The molecule has 0 saturated carbocycles. The summed E-state index contributed by atoms with van der Waals surface area (Å²) in [5.74, 6) is -0.0754. The Labute approximate surface area is 121 Å². The van der Waals surface area contributed by atoms with Gasteiger partial charge in [0.2, 0.25) is 0 Å². The molecule has 6 heteroatoms. The minimum atomic E-state index is -3.39. The Bertz CT molecular complexity index is 945. The predicted octanol–water partition coefficient (Wildman–Crippen LogP) is 3.08. The standard InChI is InChI=1S/C15H13FN2O2S/c1-9-6-7-10(11(16)8-9)15-17-12-4-3-5-13(14(12)18-15)21(2,19)20/h3-8H,1-2H3,(H,17,18). The molecule has 0 radical (unpaired) electrons. The van der Waals surface area contributed by atoms with Crippen LogP contribution in [0.25, 0.3) is 22.4 Å². The smallest absolute Gasteiger partial charge is 0.177 e. The monoisotopic (exact) mass is 304 g/mol. The minimum Gasteiger partial charge on any atom is -0.338 e. The van der Waals surface area contributed by atoms with Crippen LogP contribution in [-0.2, 0) is 9.84 Å². The first-order valence-electron chi connectivity index (χ1n) is 6.31. The molecule has 0 amide bonds. The summed E-state index contributed by atoms with van der Waals surface area (Å²) in [5, 5.41) is 0. The Morgan fingerprint density at radius 2 is 1.95 bits per heavy atom. The van der Waals surface area contributed by atoms with E-state index in [0.29, 0.717) is 22.4 Å². The third-order valence-electron chi connectivity index (χ3n) is 3.25. The van der Waals surface area contributed by atoms with E-state index in [1.807, 2.05) is 0 Å². The summed E-state index contributed by atoms with van der Waals surface area (Å²) in [6, 6.07) is 9.66. The molecule has 0 unspecified atom stereocenters. The fourth-order valence-corrected chi connectivity index (χ4v) is 3.08. The maximum absolute atomic E-state index is 14.0. The second kappa shape index (κ2) is 4.66. The van der Waals surface area contributed by atoms with Crippen LogP contribution in [0, 0.1) is 12.7 Å². The number of fused-ring (bicyclic) bond motifs is 1. The van der Waals surface area contributed by atoms with Crippen LogP contribution in [0.1, 0.15) is 5.56 Å². The Hall–Kier alpha value is -2.21. The summed E-state index contributed by atoms with van der Waals surface area (Å²) in [6.45, 7) is 1.80. The van der Waals surface area contributed by atoms with Gasteiger partial charge in [0.25, 0.3) is 0 Å². The fraction of sp³-hybridized carbons (Fsp3) is 0.133. The van der Waals surface area contributed by atoms with E-state index >= 15 is 0 Å². The van der Waals surface area contributed by atoms with Crippen molar-refractivity contribution in [2.24, 2.45) is 0 Å². The molecule has 0 aliphatic rings. The number of aryl methyl sites for hydroxylation is 1. The number of nitrogens with zero attached hydrogens (tertiary/aromatic N) is 1. The fourth-order valence-electron chi connectivity index (χ4n) is 2.24. The highest BCUT2D eigenvalue weighted by molar-refractivity contribution is 7.91. The van der Waals surface area contributed by atoms with Crippen LogP contribution in [0.3, 0.4) is 0 Å². The number of H-pyrrole nitrogens is 1. The number of sulfone groups is 1. The Morgan fingerprint density at radius 3 is 2.62 bits per heavy atom. The van der Waals surface area contributed by atoms with Gasteiger partial charge in [0.15, 0.2) is 9.84 Å². The molecule has 0 fully saturated rings. The SMILES string of the molecule is Cc1ccc(-c2nc3c(S(C)(=O)=O)cccc3[nH]2)c(F)c1. The Kier molecular flexibility index (Phi) is 3.06. The molecule has 3 rings (SSSR count). The number of rotatable bonds is 2. The van der Waals surface area contributed by atoms with Crippen molar-refractivity contribution >= 4 is 20.9 Å².